The molecule has 1 heterocycles. The Morgan fingerprint density at radius 3 is 1.10 bits per heavy atom. The lowest BCUT2D eigenvalue weighted by atomic mass is 9.75. The number of fused-ring (bicyclic) bond motifs is 6. The minimum absolute atomic E-state index is 0. The van der Waals surface area contributed by atoms with E-state index >= 15 is 0 Å². The third-order valence-electron chi connectivity index (χ3n) is 10.8. The summed E-state index contributed by atoms with van der Waals surface area (Å²) in [5.74, 6) is 0. The monoisotopic (exact) mass is 932 g/mol. The van der Waals surface area contributed by atoms with Gasteiger partial charge in [-0.25, -0.2) is 0 Å². The summed E-state index contributed by atoms with van der Waals surface area (Å²) in [5, 5.41) is 5.24. The van der Waals surface area contributed by atoms with Crippen molar-refractivity contribution in [3.05, 3.63) is 138 Å². The van der Waals surface area contributed by atoms with Gasteiger partial charge in [0.1, 0.15) is 0 Å². The lowest BCUT2D eigenvalue weighted by Gasteiger charge is -2.32. The van der Waals surface area contributed by atoms with Crippen LogP contribution in [0.15, 0.2) is 138 Å². The standard InChI is InChI=1S/C22H21BO2.C22H13Br.6F2.FH/c1-21(2)22(3,4)25-23(24-21)19-13-12-17-15-9-6-5-8-14(15)16-10-7-11-18(19)20(16)17;23-21-11-4-3-8-17(21)16-12-13-20-15-7-2-1-6-14(15)18-9-5-10-19(16)22(18)20;6*1-2;/h5-13H,1-4H3;1-13H;;;;;;;1H. The van der Waals surface area contributed by atoms with Crippen LogP contribution in [0.5, 0.6) is 0 Å². The Balaban J connectivity index is 0.000000334. The molecule has 2 aliphatic carbocycles. The highest BCUT2D eigenvalue weighted by Gasteiger charge is 2.52. The predicted molar refractivity (Wildman–Crippen MR) is 221 cm³/mol. The highest BCUT2D eigenvalue weighted by molar-refractivity contribution is 9.10. The van der Waals surface area contributed by atoms with Crippen LogP contribution in [0.1, 0.15) is 27.7 Å². The molecule has 10 rings (SSSR count). The smallest absolute Gasteiger partial charge is 0.399 e. The highest BCUT2D eigenvalue weighted by atomic mass is 79.9. The topological polar surface area (TPSA) is 18.5 Å². The zero-order chi connectivity index (χ0) is 44.8. The Morgan fingerprint density at radius 1 is 0.361 bits per heavy atom. The quantitative estimate of drug-likeness (QED) is 0.127. The van der Waals surface area contributed by atoms with Gasteiger partial charge < -0.3 is 9.31 Å². The highest BCUT2D eigenvalue weighted by Crippen LogP contribution is 2.50. The second-order valence-electron chi connectivity index (χ2n) is 14.0. The molecule has 1 fully saturated rings. The first-order chi connectivity index (χ1) is 29.2. The summed E-state index contributed by atoms with van der Waals surface area (Å²) in [4.78, 5) is 0. The maximum atomic E-state index is 8.00. The fourth-order valence-corrected chi connectivity index (χ4v) is 8.23. The fourth-order valence-electron chi connectivity index (χ4n) is 7.73. The van der Waals surface area contributed by atoms with Gasteiger partial charge >= 0.3 is 7.12 Å². The minimum Gasteiger partial charge on any atom is -0.399 e. The van der Waals surface area contributed by atoms with Gasteiger partial charge in [0.25, 0.3) is 0 Å². The van der Waals surface area contributed by atoms with Crippen LogP contribution in [0.3, 0.4) is 0 Å². The lowest BCUT2D eigenvalue weighted by molar-refractivity contribution is 0.00578. The lowest BCUT2D eigenvalue weighted by Crippen LogP contribution is -2.41. The van der Waals surface area contributed by atoms with Crippen LogP contribution in [-0.2, 0) is 9.31 Å². The second-order valence-corrected chi connectivity index (χ2v) is 14.8. The molecule has 0 atom stereocenters. The Hall–Kier alpha value is -5.39. The van der Waals surface area contributed by atoms with Crippen LogP contribution in [0.2, 0.25) is 0 Å². The summed E-state index contributed by atoms with van der Waals surface area (Å²) >= 11 is 3.70. The summed E-state index contributed by atoms with van der Waals surface area (Å²) in [6, 6.07) is 47.9. The summed E-state index contributed by atoms with van der Waals surface area (Å²) in [6.45, 7) is 8.40. The van der Waals surface area contributed by atoms with Gasteiger partial charge in [-0.15, -0.1) is 0 Å². The first-order valence-electron chi connectivity index (χ1n) is 17.5. The van der Waals surface area contributed by atoms with Gasteiger partial charge in [0.2, 0.25) is 0 Å². The molecular weight excluding hydrogens is 898 g/mol. The Kier molecular flexibility index (Phi) is 20.0. The molecule has 0 radical (unpaired) electrons. The van der Waals surface area contributed by atoms with Gasteiger partial charge in [0.05, 0.1) is 11.2 Å². The van der Waals surface area contributed by atoms with Crippen LogP contribution in [0, 0.1) is 0 Å². The predicted octanol–water partition coefficient (Wildman–Crippen LogP) is 16.9. The molecule has 0 aromatic heterocycles. The molecule has 3 aliphatic rings. The van der Waals surface area contributed by atoms with Crippen molar-refractivity contribution in [2.45, 2.75) is 38.9 Å². The van der Waals surface area contributed by atoms with Crippen molar-refractivity contribution in [3.8, 4) is 55.6 Å². The van der Waals surface area contributed by atoms with E-state index in [1.165, 1.54) is 77.2 Å². The molecule has 0 spiro atoms. The zero-order valence-electron chi connectivity index (χ0n) is 32.4. The van der Waals surface area contributed by atoms with Gasteiger partial charge in [-0.1, -0.05) is 143 Å². The molecule has 17 heteroatoms. The van der Waals surface area contributed by atoms with Crippen molar-refractivity contribution in [2.75, 3.05) is 0 Å². The van der Waals surface area contributed by atoms with Crippen molar-refractivity contribution >= 4 is 50.1 Å². The molecular formula is C44H35BBrF13O2. The van der Waals surface area contributed by atoms with Crippen LogP contribution in [0.4, 0.5) is 59.6 Å². The van der Waals surface area contributed by atoms with E-state index in [0.717, 1.165) is 9.94 Å². The van der Waals surface area contributed by atoms with E-state index in [9.17, 15) is 0 Å². The summed E-state index contributed by atoms with van der Waals surface area (Å²) in [6.07, 6.45) is 0. The van der Waals surface area contributed by atoms with E-state index in [2.05, 4.69) is 177 Å². The zero-order valence-corrected chi connectivity index (χ0v) is 34.0. The van der Waals surface area contributed by atoms with Gasteiger partial charge in [0, 0.05) is 59.4 Å². The Labute approximate surface area is 350 Å². The van der Waals surface area contributed by atoms with Crippen LogP contribution < -0.4 is 5.46 Å². The van der Waals surface area contributed by atoms with Gasteiger partial charge in [0.15, 0.2) is 0 Å². The molecule has 0 bridgehead atoms. The molecule has 1 saturated heterocycles. The van der Waals surface area contributed by atoms with Gasteiger partial charge in [-0.3, -0.25) is 4.70 Å². The van der Waals surface area contributed by atoms with Crippen molar-refractivity contribution < 1.29 is 68.9 Å². The van der Waals surface area contributed by atoms with Crippen LogP contribution >= 0.6 is 15.9 Å². The summed E-state index contributed by atoms with van der Waals surface area (Å²) < 4.78 is 110. The normalized spacial score (nSPS) is 13.0. The summed E-state index contributed by atoms with van der Waals surface area (Å²) in [7, 11) is -0.335. The third kappa shape index (κ3) is 9.74. The SMILES string of the molecule is Brc1ccccc1-c1ccc2c3c(cccc13)-c1ccccc1-2.CC1(C)OB(c2ccc3c4c(cccc24)-c2ccccc2-3)OC1(C)C.F.FF.FF.FF.FF.FF.FF. The maximum absolute atomic E-state index is 8.00. The molecule has 324 valence electrons. The average Bonchev–Trinajstić information content (AvgIpc) is 3.90. The van der Waals surface area contributed by atoms with Crippen molar-refractivity contribution in [2.24, 2.45) is 0 Å². The van der Waals surface area contributed by atoms with E-state index in [4.69, 9.17) is 64.2 Å². The number of benzene rings is 7. The molecule has 7 aromatic rings. The van der Waals surface area contributed by atoms with Crippen molar-refractivity contribution in [1.82, 2.24) is 0 Å². The largest absolute Gasteiger partial charge is 0.495 e. The van der Waals surface area contributed by atoms with Crippen LogP contribution in [-0.4, -0.2) is 18.3 Å². The summed E-state index contributed by atoms with van der Waals surface area (Å²) in [5.41, 5.74) is 13.6. The van der Waals surface area contributed by atoms with E-state index in [1.807, 2.05) is 0 Å². The molecule has 0 saturated carbocycles. The minimum atomic E-state index is -0.335. The molecule has 2 nitrogen and oxygen atoms in total. The van der Waals surface area contributed by atoms with Crippen molar-refractivity contribution in [3.63, 3.8) is 0 Å². The average molecular weight is 933 g/mol. The van der Waals surface area contributed by atoms with Crippen LogP contribution in [0.25, 0.3) is 77.2 Å². The number of hydrogen-bond acceptors (Lipinski definition) is 2. The van der Waals surface area contributed by atoms with Gasteiger partial charge in [-0.2, -0.15) is 0 Å². The first kappa shape index (κ1) is 51.8. The van der Waals surface area contributed by atoms with E-state index < -0.39 is 0 Å². The molecule has 61 heavy (non-hydrogen) atoms. The number of hydrogen-bond donors (Lipinski definition) is 0. The van der Waals surface area contributed by atoms with E-state index in [0.29, 0.717) is 0 Å². The third-order valence-corrected chi connectivity index (χ3v) is 11.5. The molecule has 1 aliphatic heterocycles. The van der Waals surface area contributed by atoms with Gasteiger partial charge in [-0.05, 0) is 116 Å². The number of halogens is 14. The number of rotatable bonds is 2. The van der Waals surface area contributed by atoms with Crippen molar-refractivity contribution in [1.29, 1.82) is 0 Å². The fraction of sp³-hybridized carbons (Fsp3) is 0.136. The maximum Gasteiger partial charge on any atom is 0.495 e. The Morgan fingerprint density at radius 2 is 0.672 bits per heavy atom. The van der Waals surface area contributed by atoms with E-state index in [-0.39, 0.29) is 23.0 Å². The molecule has 7 aromatic carbocycles. The second kappa shape index (κ2) is 23.6. The molecule has 0 N–H and O–H groups in total. The molecule has 0 unspecified atom stereocenters. The Bertz CT molecular complexity index is 2410. The van der Waals surface area contributed by atoms with E-state index in [1.54, 1.807) is 0 Å². The first-order valence-corrected chi connectivity index (χ1v) is 18.3. The molecule has 0 amide bonds.